The van der Waals surface area contributed by atoms with Gasteiger partial charge >= 0.3 is 24.4 Å². The van der Waals surface area contributed by atoms with Gasteiger partial charge in [-0.1, -0.05) is 24.4 Å². The van der Waals surface area contributed by atoms with Gasteiger partial charge in [-0.05, 0) is 21.6 Å². The highest BCUT2D eigenvalue weighted by molar-refractivity contribution is 8.89. The molecule has 0 atom stereocenters. The molecule has 2 rings (SSSR count). The van der Waals surface area contributed by atoms with Gasteiger partial charge in [0.05, 0.1) is 0 Å². The Morgan fingerprint density at radius 1 is 0.615 bits per heavy atom. The number of nitrogens with zero attached hydrogens (tertiary/aromatic N) is 2. The summed E-state index contributed by atoms with van der Waals surface area (Å²) in [7, 11) is 0.850. The van der Waals surface area contributed by atoms with Crippen LogP contribution in [-0.2, 0) is 9.47 Å². The van der Waals surface area contributed by atoms with E-state index in [-0.39, 0.29) is 0 Å². The first-order valence-corrected chi connectivity index (χ1v) is 9.40. The molecule has 0 spiro atoms. The highest BCUT2D eigenvalue weighted by Gasteiger charge is 2.53. The number of hydrogen-bond donors (Lipinski definition) is 0. The summed E-state index contributed by atoms with van der Waals surface area (Å²) in [5, 5.41) is 0. The molecule has 4 nitrogen and oxygen atoms in total. The van der Waals surface area contributed by atoms with Crippen LogP contribution in [0.3, 0.4) is 0 Å². The fourth-order valence-corrected chi connectivity index (χ4v) is 4.54. The molecule has 0 aliphatic carbocycles. The molecule has 0 saturated carbocycles. The maximum absolute atomic E-state index is 13.1. The molecule has 0 radical (unpaired) electrons. The third kappa shape index (κ3) is 6.19. The zero-order valence-electron chi connectivity index (χ0n) is 12.2. The number of hydrogen-bond acceptors (Lipinski definition) is 6. The van der Waals surface area contributed by atoms with Crippen LogP contribution in [0.2, 0.25) is 0 Å². The van der Waals surface area contributed by atoms with E-state index in [1.165, 1.54) is 0 Å². The Hall–Kier alpha value is -0.160. The van der Waals surface area contributed by atoms with Crippen LogP contribution in [0.5, 0.6) is 0 Å². The van der Waals surface area contributed by atoms with Crippen LogP contribution in [0.4, 0.5) is 35.1 Å². The van der Waals surface area contributed by atoms with E-state index in [0.717, 1.165) is 0 Å². The standard InChI is InChI=1S/C10H8F8N2O2S4/c11-7(12)1-19(2-8(13,14)21-7)5(23)25-26-6(24)20-3-9(15,16)22-10(17,18)4-20/h1-4H2. The van der Waals surface area contributed by atoms with Crippen LogP contribution in [0, 0.1) is 0 Å². The predicted octanol–water partition coefficient (Wildman–Crippen LogP) is 3.97. The molecule has 150 valence electrons. The monoisotopic (exact) mass is 468 g/mol. The SMILES string of the molecule is FC1(F)CN(C(=S)SSC(=S)N2CC(F)(F)OC(F)(F)C2)CC(F)(F)O1. The Bertz CT molecular complexity index is 511. The van der Waals surface area contributed by atoms with Gasteiger partial charge in [0.2, 0.25) is 0 Å². The smallest absolute Gasteiger partial charge is 0.339 e. The quantitative estimate of drug-likeness (QED) is 0.299. The van der Waals surface area contributed by atoms with Crippen LogP contribution in [0.1, 0.15) is 0 Å². The van der Waals surface area contributed by atoms with Crippen molar-refractivity contribution in [3.63, 3.8) is 0 Å². The van der Waals surface area contributed by atoms with Crippen LogP contribution in [0.15, 0.2) is 0 Å². The molecule has 0 bridgehead atoms. The van der Waals surface area contributed by atoms with Crippen molar-refractivity contribution in [2.24, 2.45) is 0 Å². The van der Waals surface area contributed by atoms with Crippen molar-refractivity contribution in [3.05, 3.63) is 0 Å². The average molecular weight is 468 g/mol. The van der Waals surface area contributed by atoms with Crippen molar-refractivity contribution in [3.8, 4) is 0 Å². The second kappa shape index (κ2) is 7.35. The zero-order valence-corrected chi connectivity index (χ0v) is 15.5. The summed E-state index contributed by atoms with van der Waals surface area (Å²) in [6.07, 6.45) is -16.6. The van der Waals surface area contributed by atoms with Gasteiger partial charge < -0.3 is 9.80 Å². The van der Waals surface area contributed by atoms with E-state index in [1.807, 2.05) is 0 Å². The highest BCUT2D eigenvalue weighted by atomic mass is 33.1. The molecule has 0 aromatic heterocycles. The van der Waals surface area contributed by atoms with Crippen LogP contribution < -0.4 is 0 Å². The normalized spacial score (nSPS) is 26.5. The zero-order chi connectivity index (χ0) is 20.0. The van der Waals surface area contributed by atoms with Gasteiger partial charge in [0.1, 0.15) is 34.8 Å². The lowest BCUT2D eigenvalue weighted by Crippen LogP contribution is -2.56. The molecule has 2 fully saturated rings. The molecule has 26 heavy (non-hydrogen) atoms. The molecule has 0 N–H and O–H groups in total. The molecule has 16 heteroatoms. The van der Waals surface area contributed by atoms with E-state index < -0.39 is 59.3 Å². The van der Waals surface area contributed by atoms with Crippen LogP contribution >= 0.6 is 46.0 Å². The molecule has 2 aliphatic heterocycles. The minimum Gasteiger partial charge on any atom is -0.339 e. The van der Waals surface area contributed by atoms with Crippen LogP contribution in [-0.4, -0.2) is 69.1 Å². The van der Waals surface area contributed by atoms with E-state index in [2.05, 4.69) is 9.47 Å². The number of morpholine rings is 2. The fraction of sp³-hybridized carbons (Fsp3) is 0.800. The minimum absolute atomic E-state index is 0.425. The third-order valence-electron chi connectivity index (χ3n) is 2.80. The topological polar surface area (TPSA) is 24.9 Å². The molecular weight excluding hydrogens is 460 g/mol. The van der Waals surface area contributed by atoms with E-state index in [4.69, 9.17) is 24.4 Å². The molecule has 0 amide bonds. The number of alkyl halides is 8. The van der Waals surface area contributed by atoms with Gasteiger partial charge in [-0.2, -0.15) is 35.1 Å². The van der Waals surface area contributed by atoms with E-state index >= 15 is 0 Å². The number of halogens is 8. The maximum atomic E-state index is 13.1. The summed E-state index contributed by atoms with van der Waals surface area (Å²) in [5.41, 5.74) is 0. The van der Waals surface area contributed by atoms with E-state index in [0.29, 0.717) is 31.4 Å². The Kier molecular flexibility index (Phi) is 6.25. The molecular formula is C10H8F8N2O2S4. The lowest BCUT2D eigenvalue weighted by atomic mass is 10.4. The van der Waals surface area contributed by atoms with Crippen molar-refractivity contribution in [1.29, 1.82) is 0 Å². The summed E-state index contributed by atoms with van der Waals surface area (Å²) < 4.78 is 111. The van der Waals surface area contributed by atoms with Gasteiger partial charge in [-0.3, -0.25) is 9.47 Å². The van der Waals surface area contributed by atoms with Crippen molar-refractivity contribution < 1.29 is 44.6 Å². The molecule has 2 saturated heterocycles. The largest absolute Gasteiger partial charge is 0.377 e. The third-order valence-corrected chi connectivity index (χ3v) is 6.53. The maximum Gasteiger partial charge on any atom is 0.377 e. The second-order valence-corrected chi connectivity index (χ2v) is 8.56. The van der Waals surface area contributed by atoms with Crippen molar-refractivity contribution in [1.82, 2.24) is 9.80 Å². The van der Waals surface area contributed by atoms with Gasteiger partial charge in [-0.15, -0.1) is 0 Å². The highest BCUT2D eigenvalue weighted by Crippen LogP contribution is 2.39. The summed E-state index contributed by atoms with van der Waals surface area (Å²) in [6, 6.07) is 0. The molecule has 2 aliphatic rings. The Balaban J connectivity index is 1.93. The van der Waals surface area contributed by atoms with Gasteiger partial charge in [0.15, 0.2) is 0 Å². The fourth-order valence-electron chi connectivity index (χ4n) is 2.00. The molecule has 0 aromatic rings. The molecule has 0 aromatic carbocycles. The Labute approximate surface area is 159 Å². The second-order valence-electron chi connectivity index (χ2n) is 5.16. The van der Waals surface area contributed by atoms with Gasteiger partial charge in [-0.25, -0.2) is 0 Å². The Morgan fingerprint density at radius 2 is 0.846 bits per heavy atom. The number of thiocarbonyl (C=S) groups is 2. The first kappa shape index (κ1) is 22.1. The summed E-state index contributed by atoms with van der Waals surface area (Å²) >= 11 is 9.47. The van der Waals surface area contributed by atoms with Crippen molar-refractivity contribution in [2.45, 2.75) is 24.4 Å². The van der Waals surface area contributed by atoms with Crippen molar-refractivity contribution >= 4 is 54.7 Å². The number of ether oxygens (including phenoxy) is 2. The first-order valence-electron chi connectivity index (χ1n) is 6.44. The molecule has 2 heterocycles. The Morgan fingerprint density at radius 3 is 1.08 bits per heavy atom. The average Bonchev–Trinajstić information content (AvgIpc) is 2.37. The first-order chi connectivity index (χ1) is 11.6. The molecule has 0 unspecified atom stereocenters. The lowest BCUT2D eigenvalue weighted by molar-refractivity contribution is -0.399. The van der Waals surface area contributed by atoms with E-state index in [9.17, 15) is 35.1 Å². The van der Waals surface area contributed by atoms with Gasteiger partial charge in [0, 0.05) is 0 Å². The summed E-state index contributed by atoms with van der Waals surface area (Å²) in [4.78, 5) is 0.892. The summed E-state index contributed by atoms with van der Waals surface area (Å²) in [5.74, 6) is 0. The van der Waals surface area contributed by atoms with Crippen LogP contribution in [0.25, 0.3) is 0 Å². The summed E-state index contributed by atoms with van der Waals surface area (Å²) in [6.45, 7) is -5.02. The van der Waals surface area contributed by atoms with Gasteiger partial charge in [0.25, 0.3) is 0 Å². The van der Waals surface area contributed by atoms with E-state index in [1.54, 1.807) is 0 Å². The number of rotatable bonds is 0. The van der Waals surface area contributed by atoms with Crippen molar-refractivity contribution in [2.75, 3.05) is 26.2 Å². The predicted molar refractivity (Wildman–Crippen MR) is 85.5 cm³/mol. The lowest BCUT2D eigenvalue weighted by Gasteiger charge is -2.38. The minimum atomic E-state index is -4.16.